The predicted molar refractivity (Wildman–Crippen MR) is 54.5 cm³/mol. The van der Waals surface area contributed by atoms with Gasteiger partial charge >= 0.3 is 0 Å². The van der Waals surface area contributed by atoms with E-state index in [0.29, 0.717) is 17.9 Å². The number of aliphatic hydroxyl groups is 1. The molecule has 3 nitrogen and oxygen atoms in total. The molecule has 1 unspecified atom stereocenters. The van der Waals surface area contributed by atoms with E-state index in [9.17, 15) is 5.11 Å². The molecule has 0 saturated carbocycles. The van der Waals surface area contributed by atoms with Crippen LogP contribution in [0.4, 0.5) is 0 Å². The van der Waals surface area contributed by atoms with Gasteiger partial charge in [-0.3, -0.25) is 0 Å². The Bertz CT molecular complexity index is 297. The van der Waals surface area contributed by atoms with Crippen LogP contribution in [0.2, 0.25) is 0 Å². The Morgan fingerprint density at radius 2 is 1.93 bits per heavy atom. The maximum atomic E-state index is 9.55. The topological polar surface area (TPSA) is 38.7 Å². The van der Waals surface area contributed by atoms with E-state index >= 15 is 0 Å². The fourth-order valence-electron chi connectivity index (χ4n) is 1.23. The zero-order valence-corrected chi connectivity index (χ0v) is 8.49. The second-order valence-corrected chi connectivity index (χ2v) is 2.92. The van der Waals surface area contributed by atoms with Gasteiger partial charge in [0.25, 0.3) is 0 Å². The van der Waals surface area contributed by atoms with Crippen LogP contribution in [0.3, 0.4) is 0 Å². The van der Waals surface area contributed by atoms with E-state index in [4.69, 9.17) is 9.47 Å². The first-order valence-electron chi connectivity index (χ1n) is 4.42. The van der Waals surface area contributed by atoms with E-state index in [1.165, 1.54) is 0 Å². The Morgan fingerprint density at radius 1 is 1.29 bits per heavy atom. The summed E-state index contributed by atoms with van der Waals surface area (Å²) in [5.41, 5.74) is 0.789. The highest BCUT2D eigenvalue weighted by molar-refractivity contribution is 5.43. The molecule has 1 atom stereocenters. The number of hydrogen-bond donors (Lipinski definition) is 1. The summed E-state index contributed by atoms with van der Waals surface area (Å²) in [5.74, 6) is 1.28. The predicted octanol–water partition coefficient (Wildman–Crippen LogP) is 1.96. The van der Waals surface area contributed by atoms with Crippen LogP contribution >= 0.6 is 0 Å². The van der Waals surface area contributed by atoms with Gasteiger partial charge in [-0.05, 0) is 24.1 Å². The summed E-state index contributed by atoms with van der Waals surface area (Å²) in [6.07, 6.45) is -0.107. The quantitative estimate of drug-likeness (QED) is 0.798. The normalized spacial score (nSPS) is 12.3. The van der Waals surface area contributed by atoms with Gasteiger partial charge in [-0.25, -0.2) is 0 Å². The van der Waals surface area contributed by atoms with Gasteiger partial charge < -0.3 is 14.6 Å². The molecule has 0 aliphatic heterocycles. The zero-order valence-electron chi connectivity index (χ0n) is 8.49. The monoisotopic (exact) mass is 195 g/mol. The standard InChI is InChI=1S/C11H15O3/c1-4-9(12)8-5-6-10(13-2)11(7-8)14-3/h5-7,9,12H,1,4H2,2-3H3. The van der Waals surface area contributed by atoms with Crippen LogP contribution in [-0.2, 0) is 0 Å². The second-order valence-electron chi connectivity index (χ2n) is 2.92. The van der Waals surface area contributed by atoms with Crippen molar-refractivity contribution in [3.05, 3.63) is 30.7 Å². The lowest BCUT2D eigenvalue weighted by atomic mass is 10.1. The Balaban J connectivity index is 3.01. The van der Waals surface area contributed by atoms with Crippen LogP contribution in [0.15, 0.2) is 18.2 Å². The minimum atomic E-state index is -0.546. The molecular weight excluding hydrogens is 180 g/mol. The van der Waals surface area contributed by atoms with Crippen molar-refractivity contribution in [3.63, 3.8) is 0 Å². The van der Waals surface area contributed by atoms with Crippen LogP contribution < -0.4 is 9.47 Å². The van der Waals surface area contributed by atoms with Crippen LogP contribution in [0.25, 0.3) is 0 Å². The first kappa shape index (κ1) is 10.9. The van der Waals surface area contributed by atoms with E-state index in [0.717, 1.165) is 5.56 Å². The van der Waals surface area contributed by atoms with Crippen molar-refractivity contribution in [3.8, 4) is 11.5 Å². The van der Waals surface area contributed by atoms with Gasteiger partial charge in [0, 0.05) is 0 Å². The highest BCUT2D eigenvalue weighted by Crippen LogP contribution is 2.30. The van der Waals surface area contributed by atoms with Gasteiger partial charge in [0.05, 0.1) is 20.3 Å². The minimum absolute atomic E-state index is 0.440. The van der Waals surface area contributed by atoms with Gasteiger partial charge in [0.1, 0.15) is 0 Å². The lowest BCUT2D eigenvalue weighted by Crippen LogP contribution is -1.97. The maximum Gasteiger partial charge on any atom is 0.161 e. The van der Waals surface area contributed by atoms with Crippen molar-refractivity contribution in [1.29, 1.82) is 0 Å². The largest absolute Gasteiger partial charge is 0.493 e. The molecule has 1 N–H and O–H groups in total. The first-order chi connectivity index (χ1) is 6.72. The number of aliphatic hydroxyl groups excluding tert-OH is 1. The summed E-state index contributed by atoms with van der Waals surface area (Å²) in [6.45, 7) is 3.64. The number of methoxy groups -OCH3 is 2. The van der Waals surface area contributed by atoms with E-state index in [2.05, 4.69) is 6.92 Å². The molecule has 0 amide bonds. The van der Waals surface area contributed by atoms with E-state index < -0.39 is 6.10 Å². The number of ether oxygens (including phenoxy) is 2. The Kier molecular flexibility index (Phi) is 3.77. The van der Waals surface area contributed by atoms with Crippen molar-refractivity contribution >= 4 is 0 Å². The highest BCUT2D eigenvalue weighted by Gasteiger charge is 2.09. The molecule has 1 radical (unpaired) electrons. The molecule has 0 fully saturated rings. The van der Waals surface area contributed by atoms with Crippen molar-refractivity contribution < 1.29 is 14.6 Å². The van der Waals surface area contributed by atoms with Crippen LogP contribution in [-0.4, -0.2) is 19.3 Å². The average molecular weight is 195 g/mol. The maximum absolute atomic E-state index is 9.55. The zero-order chi connectivity index (χ0) is 10.6. The van der Waals surface area contributed by atoms with Crippen molar-refractivity contribution in [2.24, 2.45) is 0 Å². The number of hydrogen-bond acceptors (Lipinski definition) is 3. The Morgan fingerprint density at radius 3 is 2.43 bits per heavy atom. The molecule has 0 aliphatic carbocycles. The molecule has 0 heterocycles. The van der Waals surface area contributed by atoms with E-state index in [1.807, 2.05) is 0 Å². The third kappa shape index (κ3) is 2.17. The number of rotatable bonds is 4. The second kappa shape index (κ2) is 4.86. The molecule has 0 aromatic heterocycles. The molecule has 77 valence electrons. The molecule has 0 bridgehead atoms. The fraction of sp³-hybridized carbons (Fsp3) is 0.364. The molecule has 14 heavy (non-hydrogen) atoms. The van der Waals surface area contributed by atoms with Crippen molar-refractivity contribution in [2.75, 3.05) is 14.2 Å². The summed E-state index contributed by atoms with van der Waals surface area (Å²) in [6, 6.07) is 5.33. The summed E-state index contributed by atoms with van der Waals surface area (Å²) < 4.78 is 10.2. The van der Waals surface area contributed by atoms with Gasteiger partial charge in [-0.2, -0.15) is 0 Å². The van der Waals surface area contributed by atoms with E-state index in [-0.39, 0.29) is 0 Å². The highest BCUT2D eigenvalue weighted by atomic mass is 16.5. The molecule has 1 rings (SSSR count). The Labute approximate surface area is 84.3 Å². The van der Waals surface area contributed by atoms with Gasteiger partial charge in [0.2, 0.25) is 0 Å². The summed E-state index contributed by atoms with van der Waals surface area (Å²) >= 11 is 0. The minimum Gasteiger partial charge on any atom is -0.493 e. The van der Waals surface area contributed by atoms with Crippen LogP contribution in [0.5, 0.6) is 11.5 Å². The lowest BCUT2D eigenvalue weighted by molar-refractivity contribution is 0.180. The van der Waals surface area contributed by atoms with E-state index in [1.54, 1.807) is 32.4 Å². The molecule has 3 heteroatoms. The van der Waals surface area contributed by atoms with Gasteiger partial charge in [-0.1, -0.05) is 13.0 Å². The SMILES string of the molecule is [CH2]CC(O)c1ccc(OC)c(OC)c1. The lowest BCUT2D eigenvalue weighted by Gasteiger charge is -2.12. The third-order valence-electron chi connectivity index (χ3n) is 2.07. The molecule has 1 aromatic rings. The van der Waals surface area contributed by atoms with Crippen molar-refractivity contribution in [2.45, 2.75) is 12.5 Å². The summed E-state index contributed by atoms with van der Waals surface area (Å²) in [7, 11) is 3.15. The van der Waals surface area contributed by atoms with Crippen LogP contribution in [0, 0.1) is 6.92 Å². The Hall–Kier alpha value is -1.22. The van der Waals surface area contributed by atoms with Crippen LogP contribution in [0.1, 0.15) is 18.1 Å². The third-order valence-corrected chi connectivity index (χ3v) is 2.07. The smallest absolute Gasteiger partial charge is 0.161 e. The molecule has 0 saturated heterocycles. The first-order valence-corrected chi connectivity index (χ1v) is 4.42. The molecular formula is C11H15O3. The van der Waals surface area contributed by atoms with Crippen molar-refractivity contribution in [1.82, 2.24) is 0 Å². The average Bonchev–Trinajstić information content (AvgIpc) is 2.26. The molecule has 0 spiro atoms. The summed E-state index contributed by atoms with van der Waals surface area (Å²) in [4.78, 5) is 0. The molecule has 0 aliphatic rings. The van der Waals surface area contributed by atoms with Gasteiger partial charge in [0.15, 0.2) is 11.5 Å². The number of benzene rings is 1. The van der Waals surface area contributed by atoms with Gasteiger partial charge in [-0.15, -0.1) is 0 Å². The molecule has 1 aromatic carbocycles. The fourth-order valence-corrected chi connectivity index (χ4v) is 1.23. The summed E-state index contributed by atoms with van der Waals surface area (Å²) in [5, 5.41) is 9.55.